The quantitative estimate of drug-likeness (QED) is 0.583. The highest BCUT2D eigenvalue weighted by molar-refractivity contribution is 8.31. The van der Waals surface area contributed by atoms with Crippen LogP contribution in [0.15, 0.2) is 12.4 Å². The summed E-state index contributed by atoms with van der Waals surface area (Å²) < 4.78 is 49.0. The van der Waals surface area contributed by atoms with Gasteiger partial charge in [-0.25, -0.2) is 4.39 Å². The van der Waals surface area contributed by atoms with Crippen molar-refractivity contribution in [3.63, 3.8) is 0 Å². The summed E-state index contributed by atoms with van der Waals surface area (Å²) >= 11 is 0. The molecule has 0 bridgehead atoms. The Morgan fingerprint density at radius 2 is 1.40 bits per heavy atom. The Bertz CT molecular complexity index is 187. The minimum absolute atomic E-state index is 0.750. The first-order valence-corrected chi connectivity index (χ1v) is 4.66. The van der Waals surface area contributed by atoms with Crippen LogP contribution in [0.3, 0.4) is 0 Å². The van der Waals surface area contributed by atoms with Gasteiger partial charge in [0.2, 0.25) is 0 Å². The molecule has 0 aromatic heterocycles. The second kappa shape index (κ2) is 5.82. The monoisotopic (exact) mass is 216 g/mol. The first-order valence-electron chi connectivity index (χ1n) is 1.53. The molecule has 0 fully saturated rings. The molecule has 0 atom stereocenters. The van der Waals surface area contributed by atoms with Gasteiger partial charge in [-0.15, -0.1) is 0 Å². The second-order valence-electron chi connectivity index (χ2n) is 0.777. The molecule has 10 heavy (non-hydrogen) atoms. The standard InChI is InChI=1S/C2HF3.Cl2O2S/c3-1-2(4)5;1-5(2,3)4/h1H;. The lowest BCUT2D eigenvalue weighted by Gasteiger charge is -1.61. The van der Waals surface area contributed by atoms with E-state index < -0.39 is 20.7 Å². The van der Waals surface area contributed by atoms with Gasteiger partial charge in [0.1, 0.15) is 0 Å². The molecule has 2 nitrogen and oxygen atoms in total. The number of halogens is 5. The maximum Gasteiger partial charge on any atom is 0.317 e. The zero-order chi connectivity index (χ0) is 8.78. The molecule has 0 amide bonds. The summed E-state index contributed by atoms with van der Waals surface area (Å²) in [7, 11) is 4.81. The highest BCUT2D eigenvalue weighted by Gasteiger charge is 1.88. The third kappa shape index (κ3) is 94.7. The normalized spacial score (nSPS) is 9.30. The Morgan fingerprint density at radius 1 is 1.30 bits per heavy atom. The van der Waals surface area contributed by atoms with Crippen molar-refractivity contribution >= 4 is 29.6 Å². The maximum atomic E-state index is 10.2. The van der Waals surface area contributed by atoms with E-state index in [0.717, 1.165) is 0 Å². The molecule has 0 spiro atoms. The first kappa shape index (κ1) is 12.7. The van der Waals surface area contributed by atoms with E-state index in [-0.39, 0.29) is 0 Å². The van der Waals surface area contributed by atoms with Crippen LogP contribution in [0.5, 0.6) is 0 Å². The van der Waals surface area contributed by atoms with Crippen molar-refractivity contribution in [1.29, 1.82) is 0 Å². The SMILES string of the molecule is FC=C(F)F.O=S(=O)(Cl)Cl. The number of hydrogen-bond donors (Lipinski definition) is 0. The van der Waals surface area contributed by atoms with Crippen LogP contribution in [-0.4, -0.2) is 8.42 Å². The van der Waals surface area contributed by atoms with Crippen molar-refractivity contribution in [1.82, 2.24) is 0 Å². The molecular weight excluding hydrogens is 216 g/mol. The molecule has 0 aromatic rings. The van der Waals surface area contributed by atoms with Gasteiger partial charge in [0.25, 0.3) is 6.08 Å². The fraction of sp³-hybridized carbons (Fsp3) is 0. The number of hydrogen-bond acceptors (Lipinski definition) is 2. The Hall–Kier alpha value is 0.0600. The Morgan fingerprint density at radius 3 is 1.40 bits per heavy atom. The third-order valence-corrected chi connectivity index (χ3v) is 0.0825. The van der Waals surface area contributed by atoms with Crippen LogP contribution in [0, 0.1) is 0 Å². The molecule has 0 aliphatic carbocycles. The van der Waals surface area contributed by atoms with Crippen molar-refractivity contribution < 1.29 is 21.6 Å². The molecule has 0 rings (SSSR count). The molecule has 0 aliphatic heterocycles. The Balaban J connectivity index is 0. The van der Waals surface area contributed by atoms with Gasteiger partial charge in [-0.3, -0.25) is 0 Å². The van der Waals surface area contributed by atoms with Crippen LogP contribution in [0.2, 0.25) is 0 Å². The van der Waals surface area contributed by atoms with Crippen molar-refractivity contribution in [3.8, 4) is 0 Å². The van der Waals surface area contributed by atoms with E-state index in [1.54, 1.807) is 0 Å². The molecule has 0 unspecified atom stereocenters. The van der Waals surface area contributed by atoms with Crippen LogP contribution in [-0.2, 0) is 8.26 Å². The van der Waals surface area contributed by atoms with E-state index in [9.17, 15) is 13.2 Å². The van der Waals surface area contributed by atoms with E-state index in [2.05, 4.69) is 21.4 Å². The van der Waals surface area contributed by atoms with Gasteiger partial charge in [-0.1, -0.05) is 0 Å². The highest BCUT2D eigenvalue weighted by Crippen LogP contribution is 1.98. The molecule has 0 aromatic carbocycles. The largest absolute Gasteiger partial charge is 0.317 e. The molecule has 0 N–H and O–H groups in total. The van der Waals surface area contributed by atoms with Gasteiger partial charge in [0.05, 0.1) is 0 Å². The lowest BCUT2D eigenvalue weighted by molar-refractivity contribution is 0.400. The predicted octanol–water partition coefficient (Wildman–Crippen LogP) is 2.40. The average Bonchev–Trinajstić information content (AvgIpc) is 1.61. The smallest absolute Gasteiger partial charge is 0.210 e. The van der Waals surface area contributed by atoms with Crippen LogP contribution < -0.4 is 0 Å². The van der Waals surface area contributed by atoms with Gasteiger partial charge in [0.15, 0.2) is 6.33 Å². The van der Waals surface area contributed by atoms with Crippen molar-refractivity contribution in [2.24, 2.45) is 0 Å². The molecule has 0 aliphatic rings. The summed E-state index contributed by atoms with van der Waals surface area (Å²) in [5.74, 6) is 0. The van der Waals surface area contributed by atoms with Gasteiger partial charge in [0, 0.05) is 21.4 Å². The Labute approximate surface area is 64.2 Å². The second-order valence-corrected chi connectivity index (χ2v) is 4.45. The lowest BCUT2D eigenvalue weighted by atomic mass is 11.1. The summed E-state index contributed by atoms with van der Waals surface area (Å²) in [5, 5.41) is 0. The van der Waals surface area contributed by atoms with Crippen molar-refractivity contribution in [2.45, 2.75) is 0 Å². The predicted molar refractivity (Wildman–Crippen MR) is 32.0 cm³/mol. The highest BCUT2D eigenvalue weighted by atomic mass is 36.0. The fourth-order valence-corrected chi connectivity index (χ4v) is 0. The van der Waals surface area contributed by atoms with Crippen molar-refractivity contribution in [2.75, 3.05) is 0 Å². The van der Waals surface area contributed by atoms with Gasteiger partial charge < -0.3 is 0 Å². The number of rotatable bonds is 0. The Kier molecular flexibility index (Phi) is 7.39. The zero-order valence-electron chi connectivity index (χ0n) is 4.19. The lowest BCUT2D eigenvalue weighted by Crippen LogP contribution is -1.63. The molecule has 0 heterocycles. The zero-order valence-corrected chi connectivity index (χ0v) is 6.52. The summed E-state index contributed by atoms with van der Waals surface area (Å²) in [6.45, 7) is 0. The van der Waals surface area contributed by atoms with Crippen LogP contribution in [0.4, 0.5) is 13.2 Å². The minimum atomic E-state index is -3.72. The van der Waals surface area contributed by atoms with E-state index >= 15 is 0 Å². The molecule has 8 heteroatoms. The van der Waals surface area contributed by atoms with E-state index in [0.29, 0.717) is 0 Å². The summed E-state index contributed by atoms with van der Waals surface area (Å²) in [4.78, 5) is 0. The van der Waals surface area contributed by atoms with E-state index in [1.165, 1.54) is 0 Å². The van der Waals surface area contributed by atoms with E-state index in [1.807, 2.05) is 0 Å². The molecule has 0 radical (unpaired) electrons. The van der Waals surface area contributed by atoms with Crippen LogP contribution >= 0.6 is 21.4 Å². The van der Waals surface area contributed by atoms with Gasteiger partial charge in [-0.2, -0.15) is 17.2 Å². The maximum absolute atomic E-state index is 10.2. The first-order chi connectivity index (χ1) is 4.27. The topological polar surface area (TPSA) is 34.1 Å². The average molecular weight is 217 g/mol. The fourth-order valence-electron chi connectivity index (χ4n) is 0. The minimum Gasteiger partial charge on any atom is -0.210 e. The molecular formula is C2HCl2F3O2S. The van der Waals surface area contributed by atoms with Gasteiger partial charge >= 0.3 is 8.26 Å². The van der Waals surface area contributed by atoms with Crippen LogP contribution in [0.1, 0.15) is 0 Å². The third-order valence-electron chi connectivity index (χ3n) is 0.0825. The molecule has 62 valence electrons. The van der Waals surface area contributed by atoms with Crippen molar-refractivity contribution in [3.05, 3.63) is 12.4 Å². The summed E-state index contributed by atoms with van der Waals surface area (Å²) in [5.41, 5.74) is 0. The summed E-state index contributed by atoms with van der Waals surface area (Å²) in [6, 6.07) is 0. The molecule has 0 saturated heterocycles. The summed E-state index contributed by atoms with van der Waals surface area (Å²) in [6.07, 6.45) is -3.04. The van der Waals surface area contributed by atoms with E-state index in [4.69, 9.17) is 8.42 Å². The van der Waals surface area contributed by atoms with Gasteiger partial charge in [-0.05, 0) is 0 Å². The molecule has 0 saturated carbocycles. The van der Waals surface area contributed by atoms with Crippen LogP contribution in [0.25, 0.3) is 0 Å².